The van der Waals surface area contributed by atoms with Crippen LogP contribution >= 0.6 is 0 Å². The number of fused-ring (bicyclic) bond motifs is 1. The number of nitrogens with zero attached hydrogens (tertiary/aromatic N) is 1. The molecule has 0 aliphatic carbocycles. The Hall–Kier alpha value is -1.80. The number of benzene rings is 2. The lowest BCUT2D eigenvalue weighted by molar-refractivity contribution is 0.608. The van der Waals surface area contributed by atoms with Crippen LogP contribution in [-0.4, -0.2) is 26.7 Å². The molecule has 2 heteroatoms. The SMILES string of the molecule is CNC(C)Cc1ccc(-c2ccc3c(c2)CCCN3C)cc1. The van der Waals surface area contributed by atoms with E-state index in [1.807, 2.05) is 7.05 Å². The average molecular weight is 294 g/mol. The summed E-state index contributed by atoms with van der Waals surface area (Å²) in [5, 5.41) is 3.29. The third kappa shape index (κ3) is 3.17. The van der Waals surface area contributed by atoms with Crippen LogP contribution in [0.25, 0.3) is 11.1 Å². The summed E-state index contributed by atoms with van der Waals surface area (Å²) in [6.07, 6.45) is 3.53. The molecule has 116 valence electrons. The van der Waals surface area contributed by atoms with Gasteiger partial charge in [-0.05, 0) is 67.6 Å². The fourth-order valence-electron chi connectivity index (χ4n) is 3.25. The predicted molar refractivity (Wildman–Crippen MR) is 95.7 cm³/mol. The zero-order chi connectivity index (χ0) is 15.5. The van der Waals surface area contributed by atoms with Crippen LogP contribution in [0.4, 0.5) is 5.69 Å². The van der Waals surface area contributed by atoms with Crippen molar-refractivity contribution in [2.75, 3.05) is 25.5 Å². The van der Waals surface area contributed by atoms with Gasteiger partial charge in [-0.25, -0.2) is 0 Å². The van der Waals surface area contributed by atoms with E-state index in [1.165, 1.54) is 47.3 Å². The first-order valence-corrected chi connectivity index (χ1v) is 8.28. The molecule has 0 saturated heterocycles. The lowest BCUT2D eigenvalue weighted by Gasteiger charge is -2.27. The Balaban J connectivity index is 1.82. The van der Waals surface area contributed by atoms with E-state index in [0.717, 1.165) is 6.42 Å². The second kappa shape index (κ2) is 6.53. The largest absolute Gasteiger partial charge is 0.374 e. The second-order valence-corrected chi connectivity index (χ2v) is 6.46. The van der Waals surface area contributed by atoms with Gasteiger partial charge in [-0.2, -0.15) is 0 Å². The molecular weight excluding hydrogens is 268 g/mol. The molecule has 22 heavy (non-hydrogen) atoms. The van der Waals surface area contributed by atoms with Gasteiger partial charge in [0.05, 0.1) is 0 Å². The third-order valence-electron chi connectivity index (χ3n) is 4.75. The Morgan fingerprint density at radius 2 is 1.82 bits per heavy atom. The molecule has 0 bridgehead atoms. The topological polar surface area (TPSA) is 15.3 Å². The van der Waals surface area contributed by atoms with E-state index in [-0.39, 0.29) is 0 Å². The number of anilines is 1. The molecule has 0 spiro atoms. The van der Waals surface area contributed by atoms with Crippen molar-refractivity contribution in [2.24, 2.45) is 0 Å². The van der Waals surface area contributed by atoms with E-state index >= 15 is 0 Å². The molecule has 1 aliphatic heterocycles. The normalized spacial score (nSPS) is 15.5. The molecule has 0 amide bonds. The highest BCUT2D eigenvalue weighted by atomic mass is 15.1. The summed E-state index contributed by atoms with van der Waals surface area (Å²) in [6, 6.07) is 16.5. The predicted octanol–water partition coefficient (Wildman–Crippen LogP) is 3.89. The number of rotatable bonds is 4. The average Bonchev–Trinajstić information content (AvgIpc) is 2.55. The van der Waals surface area contributed by atoms with Gasteiger partial charge in [0.1, 0.15) is 0 Å². The molecule has 0 radical (unpaired) electrons. The van der Waals surface area contributed by atoms with Crippen molar-refractivity contribution in [3.63, 3.8) is 0 Å². The quantitative estimate of drug-likeness (QED) is 0.920. The highest BCUT2D eigenvalue weighted by Crippen LogP contribution is 2.31. The van der Waals surface area contributed by atoms with Crippen molar-refractivity contribution in [2.45, 2.75) is 32.2 Å². The Kier molecular flexibility index (Phi) is 4.49. The van der Waals surface area contributed by atoms with Crippen LogP contribution in [0.1, 0.15) is 24.5 Å². The van der Waals surface area contributed by atoms with Crippen LogP contribution < -0.4 is 10.2 Å². The molecule has 0 aromatic heterocycles. The van der Waals surface area contributed by atoms with E-state index in [9.17, 15) is 0 Å². The maximum atomic E-state index is 3.29. The maximum Gasteiger partial charge on any atom is 0.0396 e. The first-order chi connectivity index (χ1) is 10.7. The van der Waals surface area contributed by atoms with Gasteiger partial charge in [-0.3, -0.25) is 0 Å². The van der Waals surface area contributed by atoms with E-state index < -0.39 is 0 Å². The van der Waals surface area contributed by atoms with Crippen LogP contribution in [0, 0.1) is 0 Å². The Morgan fingerprint density at radius 3 is 2.55 bits per heavy atom. The summed E-state index contributed by atoms with van der Waals surface area (Å²) in [5.74, 6) is 0. The minimum atomic E-state index is 0.519. The standard InChI is InChI=1S/C20H26N2/c1-15(21-2)13-16-6-8-17(9-7-16)18-10-11-20-19(14-18)5-4-12-22(20)3/h6-11,14-15,21H,4-5,12-13H2,1-3H3. The highest BCUT2D eigenvalue weighted by Gasteiger charge is 2.14. The van der Waals surface area contributed by atoms with Crippen molar-refractivity contribution in [3.8, 4) is 11.1 Å². The van der Waals surface area contributed by atoms with Crippen molar-refractivity contribution in [1.82, 2.24) is 5.32 Å². The molecule has 1 N–H and O–H groups in total. The van der Waals surface area contributed by atoms with Crippen LogP contribution in [-0.2, 0) is 12.8 Å². The fraction of sp³-hybridized carbons (Fsp3) is 0.400. The summed E-state index contributed by atoms with van der Waals surface area (Å²) >= 11 is 0. The number of aryl methyl sites for hydroxylation is 1. The molecule has 0 saturated carbocycles. The summed E-state index contributed by atoms with van der Waals surface area (Å²) in [5.41, 5.74) is 6.93. The molecule has 1 heterocycles. The van der Waals surface area contributed by atoms with Crippen molar-refractivity contribution in [3.05, 3.63) is 53.6 Å². The molecule has 2 aromatic carbocycles. The Morgan fingerprint density at radius 1 is 1.09 bits per heavy atom. The van der Waals surface area contributed by atoms with Crippen molar-refractivity contribution < 1.29 is 0 Å². The number of hydrogen-bond acceptors (Lipinski definition) is 2. The molecule has 1 atom stereocenters. The molecule has 1 unspecified atom stereocenters. The van der Waals surface area contributed by atoms with Crippen molar-refractivity contribution >= 4 is 5.69 Å². The fourth-order valence-corrected chi connectivity index (χ4v) is 3.25. The first kappa shape index (κ1) is 15.1. The van der Waals surface area contributed by atoms with Crippen LogP contribution in [0.3, 0.4) is 0 Å². The van der Waals surface area contributed by atoms with Gasteiger partial charge in [0.25, 0.3) is 0 Å². The zero-order valence-electron chi connectivity index (χ0n) is 13.9. The molecule has 2 nitrogen and oxygen atoms in total. The third-order valence-corrected chi connectivity index (χ3v) is 4.75. The minimum absolute atomic E-state index is 0.519. The second-order valence-electron chi connectivity index (χ2n) is 6.46. The molecule has 3 rings (SSSR count). The zero-order valence-corrected chi connectivity index (χ0v) is 13.9. The van der Waals surface area contributed by atoms with Crippen LogP contribution in [0.2, 0.25) is 0 Å². The Bertz CT molecular complexity index is 631. The van der Waals surface area contributed by atoms with Crippen LogP contribution in [0.5, 0.6) is 0 Å². The van der Waals surface area contributed by atoms with Gasteiger partial charge in [-0.1, -0.05) is 30.3 Å². The summed E-state index contributed by atoms with van der Waals surface area (Å²) < 4.78 is 0. The Labute approximate surface area is 134 Å². The molecule has 1 aliphatic rings. The van der Waals surface area contributed by atoms with Gasteiger partial charge >= 0.3 is 0 Å². The molecular formula is C20H26N2. The van der Waals surface area contributed by atoms with Gasteiger partial charge in [0, 0.05) is 25.3 Å². The highest BCUT2D eigenvalue weighted by molar-refractivity contribution is 5.69. The minimum Gasteiger partial charge on any atom is -0.374 e. The summed E-state index contributed by atoms with van der Waals surface area (Å²) in [7, 11) is 4.21. The van der Waals surface area contributed by atoms with Gasteiger partial charge in [-0.15, -0.1) is 0 Å². The summed E-state index contributed by atoms with van der Waals surface area (Å²) in [4.78, 5) is 2.37. The van der Waals surface area contributed by atoms with E-state index in [0.29, 0.717) is 6.04 Å². The van der Waals surface area contributed by atoms with Gasteiger partial charge in [0.15, 0.2) is 0 Å². The van der Waals surface area contributed by atoms with E-state index in [2.05, 4.69) is 66.7 Å². The lowest BCUT2D eigenvalue weighted by atomic mass is 9.95. The number of hydrogen-bond donors (Lipinski definition) is 1. The first-order valence-electron chi connectivity index (χ1n) is 8.28. The van der Waals surface area contributed by atoms with Crippen molar-refractivity contribution in [1.29, 1.82) is 0 Å². The maximum absolute atomic E-state index is 3.29. The number of nitrogens with one attached hydrogen (secondary N) is 1. The van der Waals surface area contributed by atoms with Gasteiger partial charge < -0.3 is 10.2 Å². The summed E-state index contributed by atoms with van der Waals surface area (Å²) in [6.45, 7) is 3.39. The number of likely N-dealkylation sites (N-methyl/N-ethyl adjacent to an activating group) is 1. The van der Waals surface area contributed by atoms with E-state index in [4.69, 9.17) is 0 Å². The lowest BCUT2D eigenvalue weighted by Crippen LogP contribution is -2.24. The van der Waals surface area contributed by atoms with Crippen LogP contribution in [0.15, 0.2) is 42.5 Å². The monoisotopic (exact) mass is 294 g/mol. The molecule has 2 aromatic rings. The molecule has 0 fully saturated rings. The van der Waals surface area contributed by atoms with E-state index in [1.54, 1.807) is 0 Å². The smallest absolute Gasteiger partial charge is 0.0396 e. The van der Waals surface area contributed by atoms with Gasteiger partial charge in [0.2, 0.25) is 0 Å².